The molecule has 0 saturated heterocycles. The van der Waals surface area contributed by atoms with Crippen LogP contribution in [0.5, 0.6) is 0 Å². The van der Waals surface area contributed by atoms with Gasteiger partial charge in [-0.15, -0.1) is 0 Å². The predicted molar refractivity (Wildman–Crippen MR) is 123 cm³/mol. The van der Waals surface area contributed by atoms with Gasteiger partial charge in [0.1, 0.15) is 0 Å². The standard InChI is InChI=1S/C25H25BrN2O2/c26-22-13-11-21(12-14-22)25(30)28-18-16-24(29)27-17-15-23(19-7-3-1-4-8-19)20-9-5-2-6-10-20/h1-14,23H,15-18H2,(H,27,29)(H,28,30). The summed E-state index contributed by atoms with van der Waals surface area (Å²) in [5.41, 5.74) is 3.05. The first kappa shape index (κ1) is 21.8. The molecule has 0 unspecified atom stereocenters. The number of hydrogen-bond donors (Lipinski definition) is 2. The van der Waals surface area contributed by atoms with Gasteiger partial charge in [-0.2, -0.15) is 0 Å². The molecule has 2 amide bonds. The lowest BCUT2D eigenvalue weighted by Crippen LogP contribution is -2.31. The minimum Gasteiger partial charge on any atom is -0.356 e. The fourth-order valence-corrected chi connectivity index (χ4v) is 3.60. The molecule has 4 nitrogen and oxygen atoms in total. The fourth-order valence-electron chi connectivity index (χ4n) is 3.33. The Bertz CT molecular complexity index is 904. The van der Waals surface area contributed by atoms with Crippen molar-refractivity contribution in [3.63, 3.8) is 0 Å². The van der Waals surface area contributed by atoms with Gasteiger partial charge in [0.15, 0.2) is 0 Å². The summed E-state index contributed by atoms with van der Waals surface area (Å²) < 4.78 is 0.919. The third-order valence-electron chi connectivity index (χ3n) is 4.90. The van der Waals surface area contributed by atoms with Crippen LogP contribution in [0.3, 0.4) is 0 Å². The first-order chi connectivity index (χ1) is 14.6. The number of nitrogens with one attached hydrogen (secondary N) is 2. The first-order valence-electron chi connectivity index (χ1n) is 10.0. The Hall–Kier alpha value is -2.92. The quantitative estimate of drug-likeness (QED) is 0.472. The van der Waals surface area contributed by atoms with Crippen LogP contribution < -0.4 is 10.6 Å². The molecular formula is C25H25BrN2O2. The number of benzene rings is 3. The zero-order valence-corrected chi connectivity index (χ0v) is 18.3. The van der Waals surface area contributed by atoms with Gasteiger partial charge in [-0.3, -0.25) is 9.59 Å². The molecule has 0 spiro atoms. The molecule has 0 aromatic heterocycles. The molecule has 0 heterocycles. The number of carbonyl (C=O) groups excluding carboxylic acids is 2. The maximum absolute atomic E-state index is 12.2. The van der Waals surface area contributed by atoms with E-state index in [0.29, 0.717) is 18.7 Å². The summed E-state index contributed by atoms with van der Waals surface area (Å²) in [4.78, 5) is 24.3. The third kappa shape index (κ3) is 6.56. The average Bonchev–Trinajstić information content (AvgIpc) is 2.78. The molecule has 3 aromatic carbocycles. The largest absolute Gasteiger partial charge is 0.356 e. The average molecular weight is 465 g/mol. The normalized spacial score (nSPS) is 10.6. The highest BCUT2D eigenvalue weighted by Crippen LogP contribution is 2.27. The summed E-state index contributed by atoms with van der Waals surface area (Å²) in [6, 6.07) is 27.8. The van der Waals surface area contributed by atoms with Crippen molar-refractivity contribution in [1.82, 2.24) is 10.6 Å². The van der Waals surface area contributed by atoms with E-state index in [1.54, 1.807) is 12.1 Å². The SMILES string of the molecule is O=C(CCNC(=O)c1ccc(Br)cc1)NCCC(c1ccccc1)c1ccccc1. The van der Waals surface area contributed by atoms with E-state index >= 15 is 0 Å². The topological polar surface area (TPSA) is 58.2 Å². The molecule has 0 saturated carbocycles. The molecule has 0 aliphatic carbocycles. The van der Waals surface area contributed by atoms with Gasteiger partial charge in [0.25, 0.3) is 5.91 Å². The molecule has 5 heteroatoms. The molecule has 0 fully saturated rings. The van der Waals surface area contributed by atoms with Crippen LogP contribution in [0.15, 0.2) is 89.4 Å². The molecule has 2 N–H and O–H groups in total. The van der Waals surface area contributed by atoms with Gasteiger partial charge < -0.3 is 10.6 Å². The lowest BCUT2D eigenvalue weighted by atomic mass is 9.88. The van der Waals surface area contributed by atoms with E-state index in [1.165, 1.54) is 11.1 Å². The minimum atomic E-state index is -0.177. The van der Waals surface area contributed by atoms with Crippen molar-refractivity contribution in [3.8, 4) is 0 Å². The number of amides is 2. The van der Waals surface area contributed by atoms with Gasteiger partial charge in [-0.1, -0.05) is 76.6 Å². The maximum atomic E-state index is 12.2. The van der Waals surface area contributed by atoms with E-state index < -0.39 is 0 Å². The van der Waals surface area contributed by atoms with Gasteiger partial charge in [0, 0.05) is 35.5 Å². The first-order valence-corrected chi connectivity index (χ1v) is 10.8. The molecule has 3 aromatic rings. The van der Waals surface area contributed by atoms with Gasteiger partial charge in [-0.05, 0) is 41.8 Å². The van der Waals surface area contributed by atoms with Crippen LogP contribution in [0.2, 0.25) is 0 Å². The molecule has 30 heavy (non-hydrogen) atoms. The van der Waals surface area contributed by atoms with Crippen LogP contribution in [-0.4, -0.2) is 24.9 Å². The highest BCUT2D eigenvalue weighted by molar-refractivity contribution is 9.10. The van der Waals surface area contributed by atoms with E-state index in [-0.39, 0.29) is 24.2 Å². The highest BCUT2D eigenvalue weighted by Gasteiger charge is 2.14. The van der Waals surface area contributed by atoms with Crippen LogP contribution in [0.25, 0.3) is 0 Å². The van der Waals surface area contributed by atoms with Crippen molar-refractivity contribution in [1.29, 1.82) is 0 Å². The molecule has 0 atom stereocenters. The Labute approximate surface area is 185 Å². The van der Waals surface area contributed by atoms with Crippen LogP contribution >= 0.6 is 15.9 Å². The van der Waals surface area contributed by atoms with Crippen molar-refractivity contribution in [3.05, 3.63) is 106 Å². The Morgan fingerprint density at radius 1 is 0.733 bits per heavy atom. The Morgan fingerprint density at radius 3 is 1.87 bits per heavy atom. The Morgan fingerprint density at radius 2 is 1.30 bits per heavy atom. The predicted octanol–water partition coefficient (Wildman–Crippen LogP) is 4.91. The van der Waals surface area contributed by atoms with Crippen LogP contribution in [-0.2, 0) is 4.79 Å². The minimum absolute atomic E-state index is 0.0639. The molecule has 3 rings (SSSR count). The van der Waals surface area contributed by atoms with E-state index in [9.17, 15) is 9.59 Å². The van der Waals surface area contributed by atoms with Crippen molar-refractivity contribution < 1.29 is 9.59 Å². The second-order valence-corrected chi connectivity index (χ2v) is 7.94. The molecule has 0 aliphatic heterocycles. The third-order valence-corrected chi connectivity index (χ3v) is 5.43. The van der Waals surface area contributed by atoms with E-state index in [0.717, 1.165) is 10.9 Å². The lowest BCUT2D eigenvalue weighted by molar-refractivity contribution is -0.120. The summed E-state index contributed by atoms with van der Waals surface area (Å²) >= 11 is 3.35. The summed E-state index contributed by atoms with van der Waals surface area (Å²) in [6.07, 6.45) is 1.06. The summed E-state index contributed by atoms with van der Waals surface area (Å²) in [7, 11) is 0. The van der Waals surface area contributed by atoms with Crippen molar-refractivity contribution in [2.45, 2.75) is 18.8 Å². The summed E-state index contributed by atoms with van der Waals surface area (Å²) in [5, 5.41) is 5.76. The van der Waals surface area contributed by atoms with Gasteiger partial charge >= 0.3 is 0 Å². The van der Waals surface area contributed by atoms with Crippen molar-refractivity contribution in [2.75, 3.05) is 13.1 Å². The smallest absolute Gasteiger partial charge is 0.251 e. The monoisotopic (exact) mass is 464 g/mol. The second kappa shape index (κ2) is 11.3. The number of halogens is 1. The molecule has 154 valence electrons. The van der Waals surface area contributed by atoms with Gasteiger partial charge in [0.2, 0.25) is 5.91 Å². The number of hydrogen-bond acceptors (Lipinski definition) is 2. The van der Waals surface area contributed by atoms with Gasteiger partial charge in [0.05, 0.1) is 0 Å². The summed E-state index contributed by atoms with van der Waals surface area (Å²) in [5.74, 6) is -0.0145. The van der Waals surface area contributed by atoms with E-state index in [1.807, 2.05) is 48.5 Å². The number of rotatable bonds is 9. The molecule has 0 radical (unpaired) electrons. The van der Waals surface area contributed by atoms with E-state index in [4.69, 9.17) is 0 Å². The lowest BCUT2D eigenvalue weighted by Gasteiger charge is -2.18. The highest BCUT2D eigenvalue weighted by atomic mass is 79.9. The van der Waals surface area contributed by atoms with Gasteiger partial charge in [-0.25, -0.2) is 0 Å². The second-order valence-electron chi connectivity index (χ2n) is 7.03. The van der Waals surface area contributed by atoms with Crippen LogP contribution in [0.4, 0.5) is 0 Å². The fraction of sp³-hybridized carbons (Fsp3) is 0.200. The Balaban J connectivity index is 1.45. The molecule has 0 bridgehead atoms. The molecule has 0 aliphatic rings. The maximum Gasteiger partial charge on any atom is 0.251 e. The van der Waals surface area contributed by atoms with Crippen LogP contribution in [0.1, 0.15) is 40.2 Å². The van der Waals surface area contributed by atoms with Crippen LogP contribution in [0, 0.1) is 0 Å². The van der Waals surface area contributed by atoms with E-state index in [2.05, 4.69) is 50.8 Å². The number of carbonyl (C=O) groups is 2. The Kier molecular flexibility index (Phi) is 8.21. The van der Waals surface area contributed by atoms with Crippen molar-refractivity contribution >= 4 is 27.7 Å². The molecular weight excluding hydrogens is 440 g/mol. The van der Waals surface area contributed by atoms with Crippen molar-refractivity contribution in [2.24, 2.45) is 0 Å². The zero-order chi connectivity index (χ0) is 21.2. The summed E-state index contributed by atoms with van der Waals surface area (Å²) in [6.45, 7) is 0.884. The zero-order valence-electron chi connectivity index (χ0n) is 16.7.